The minimum Gasteiger partial charge on any atom is -0.497 e. The summed E-state index contributed by atoms with van der Waals surface area (Å²) in [5.41, 5.74) is 1.17. The van der Waals surface area contributed by atoms with E-state index < -0.39 is 0 Å². The first kappa shape index (κ1) is 13.0. The Morgan fingerprint density at radius 2 is 2.17 bits per heavy atom. The van der Waals surface area contributed by atoms with Crippen molar-refractivity contribution in [2.45, 2.75) is 19.5 Å². The molecule has 0 aliphatic carbocycles. The third-order valence-corrected chi connectivity index (χ3v) is 3.01. The van der Waals surface area contributed by atoms with Crippen LogP contribution in [0.3, 0.4) is 0 Å². The lowest BCUT2D eigenvalue weighted by atomic mass is 10.1. The molecule has 0 fully saturated rings. The van der Waals surface area contributed by atoms with Crippen molar-refractivity contribution in [1.82, 2.24) is 5.32 Å². The molecule has 2 aromatic rings. The van der Waals surface area contributed by atoms with Gasteiger partial charge in [0.25, 0.3) is 0 Å². The summed E-state index contributed by atoms with van der Waals surface area (Å²) in [6.07, 6.45) is 0. The number of hydrogen-bond donors (Lipinski definition) is 1. The second-order valence-electron chi connectivity index (χ2n) is 4.09. The smallest absolute Gasteiger partial charge is 0.193 e. The van der Waals surface area contributed by atoms with Crippen LogP contribution < -0.4 is 10.1 Å². The van der Waals surface area contributed by atoms with Gasteiger partial charge in [-0.1, -0.05) is 12.1 Å². The van der Waals surface area contributed by atoms with Crippen molar-refractivity contribution in [1.29, 1.82) is 0 Å². The zero-order valence-corrected chi connectivity index (χ0v) is 11.2. The highest BCUT2D eigenvalue weighted by Gasteiger charge is 2.07. The summed E-state index contributed by atoms with van der Waals surface area (Å²) in [6.45, 7) is 2.74. The Morgan fingerprint density at radius 1 is 1.33 bits per heavy atom. The Morgan fingerprint density at radius 3 is 2.83 bits per heavy atom. The van der Waals surface area contributed by atoms with Crippen molar-refractivity contribution in [3.05, 3.63) is 52.9 Å². The van der Waals surface area contributed by atoms with Gasteiger partial charge in [-0.25, -0.2) is 0 Å². The second-order valence-corrected chi connectivity index (χ2v) is 4.46. The Balaban J connectivity index is 1.96. The number of rotatable bonds is 5. The first-order valence-electron chi connectivity index (χ1n) is 5.80. The molecule has 0 saturated heterocycles. The number of methoxy groups -OCH3 is 1. The van der Waals surface area contributed by atoms with Crippen LogP contribution in [0.15, 0.2) is 40.8 Å². The van der Waals surface area contributed by atoms with E-state index in [-0.39, 0.29) is 6.04 Å². The van der Waals surface area contributed by atoms with Gasteiger partial charge >= 0.3 is 0 Å². The summed E-state index contributed by atoms with van der Waals surface area (Å²) >= 11 is 5.72. The summed E-state index contributed by atoms with van der Waals surface area (Å²) in [6, 6.07) is 11.8. The van der Waals surface area contributed by atoms with Gasteiger partial charge in [-0.2, -0.15) is 0 Å². The molecule has 3 nitrogen and oxygen atoms in total. The SMILES string of the molecule is COc1cccc(C(C)NCc2ccc(Cl)o2)c1. The van der Waals surface area contributed by atoms with Crippen molar-refractivity contribution in [2.75, 3.05) is 7.11 Å². The zero-order valence-electron chi connectivity index (χ0n) is 10.4. The molecule has 1 heterocycles. The molecule has 0 aliphatic rings. The van der Waals surface area contributed by atoms with E-state index in [0.717, 1.165) is 11.5 Å². The standard InChI is InChI=1S/C14H16ClNO2/c1-10(11-4-3-5-12(8-11)17-2)16-9-13-6-7-14(15)18-13/h3-8,10,16H,9H2,1-2H3. The van der Waals surface area contributed by atoms with Crippen LogP contribution in [-0.4, -0.2) is 7.11 Å². The van der Waals surface area contributed by atoms with Crippen LogP contribution in [-0.2, 0) is 6.54 Å². The summed E-state index contributed by atoms with van der Waals surface area (Å²) in [5.74, 6) is 1.69. The van der Waals surface area contributed by atoms with Crippen molar-refractivity contribution in [3.63, 3.8) is 0 Å². The Kier molecular flexibility index (Phi) is 4.28. The van der Waals surface area contributed by atoms with Gasteiger partial charge < -0.3 is 14.5 Å². The highest BCUT2D eigenvalue weighted by Crippen LogP contribution is 2.20. The molecular formula is C14H16ClNO2. The number of nitrogens with one attached hydrogen (secondary N) is 1. The number of furan rings is 1. The number of hydrogen-bond acceptors (Lipinski definition) is 3. The Hall–Kier alpha value is -1.45. The summed E-state index contributed by atoms with van der Waals surface area (Å²) in [7, 11) is 1.67. The molecular weight excluding hydrogens is 250 g/mol. The van der Waals surface area contributed by atoms with Crippen molar-refractivity contribution in [3.8, 4) is 5.75 Å². The molecule has 0 amide bonds. The monoisotopic (exact) mass is 265 g/mol. The van der Waals surface area contributed by atoms with Gasteiger partial charge in [-0.05, 0) is 48.4 Å². The second kappa shape index (κ2) is 5.94. The van der Waals surface area contributed by atoms with E-state index in [1.807, 2.05) is 24.3 Å². The quantitative estimate of drug-likeness (QED) is 0.893. The van der Waals surface area contributed by atoms with Crippen LogP contribution in [0, 0.1) is 0 Å². The van der Waals surface area contributed by atoms with Crippen molar-refractivity contribution in [2.24, 2.45) is 0 Å². The molecule has 1 aromatic carbocycles. The molecule has 0 spiro atoms. The van der Waals surface area contributed by atoms with E-state index in [1.54, 1.807) is 13.2 Å². The topological polar surface area (TPSA) is 34.4 Å². The fourth-order valence-electron chi connectivity index (χ4n) is 1.73. The Labute approximate surface area is 112 Å². The van der Waals surface area contributed by atoms with Crippen LogP contribution >= 0.6 is 11.6 Å². The van der Waals surface area contributed by atoms with Gasteiger partial charge in [0.2, 0.25) is 0 Å². The maximum absolute atomic E-state index is 5.72. The first-order valence-corrected chi connectivity index (χ1v) is 6.18. The molecule has 0 saturated carbocycles. The molecule has 18 heavy (non-hydrogen) atoms. The highest BCUT2D eigenvalue weighted by molar-refractivity contribution is 6.28. The molecule has 0 radical (unpaired) electrons. The molecule has 1 unspecified atom stereocenters. The van der Waals surface area contributed by atoms with Gasteiger partial charge in [-0.15, -0.1) is 0 Å². The maximum atomic E-state index is 5.72. The molecule has 1 N–H and O–H groups in total. The van der Waals surface area contributed by atoms with Crippen molar-refractivity contribution < 1.29 is 9.15 Å². The van der Waals surface area contributed by atoms with Gasteiger partial charge in [0.1, 0.15) is 11.5 Å². The molecule has 1 aromatic heterocycles. The summed E-state index contributed by atoms with van der Waals surface area (Å²) < 4.78 is 10.5. The van der Waals surface area contributed by atoms with E-state index in [0.29, 0.717) is 11.8 Å². The van der Waals surface area contributed by atoms with Crippen LogP contribution in [0.4, 0.5) is 0 Å². The molecule has 0 bridgehead atoms. The van der Waals surface area contributed by atoms with Crippen LogP contribution in [0.2, 0.25) is 5.22 Å². The van der Waals surface area contributed by atoms with E-state index in [9.17, 15) is 0 Å². The number of benzene rings is 1. The minimum atomic E-state index is 0.212. The molecule has 1 atom stereocenters. The Bertz CT molecular complexity index is 510. The lowest BCUT2D eigenvalue weighted by Crippen LogP contribution is -2.17. The average molecular weight is 266 g/mol. The fourth-order valence-corrected chi connectivity index (χ4v) is 1.89. The minimum absolute atomic E-state index is 0.212. The lowest BCUT2D eigenvalue weighted by Gasteiger charge is -2.14. The first-order chi connectivity index (χ1) is 8.69. The summed E-state index contributed by atoms with van der Waals surface area (Å²) in [4.78, 5) is 0. The predicted molar refractivity (Wildman–Crippen MR) is 72.0 cm³/mol. The van der Waals surface area contributed by atoms with Crippen LogP contribution in [0.5, 0.6) is 5.75 Å². The maximum Gasteiger partial charge on any atom is 0.193 e. The van der Waals surface area contributed by atoms with Gasteiger partial charge in [0, 0.05) is 6.04 Å². The van der Waals surface area contributed by atoms with Gasteiger partial charge in [-0.3, -0.25) is 0 Å². The lowest BCUT2D eigenvalue weighted by molar-refractivity contribution is 0.412. The predicted octanol–water partition coefficient (Wildman–Crippen LogP) is 3.79. The van der Waals surface area contributed by atoms with E-state index in [4.69, 9.17) is 20.8 Å². The van der Waals surface area contributed by atoms with Crippen LogP contribution in [0.25, 0.3) is 0 Å². The number of ether oxygens (including phenoxy) is 1. The molecule has 0 aliphatic heterocycles. The van der Waals surface area contributed by atoms with E-state index in [2.05, 4.69) is 18.3 Å². The van der Waals surface area contributed by atoms with Gasteiger partial charge in [0.15, 0.2) is 5.22 Å². The van der Waals surface area contributed by atoms with Crippen molar-refractivity contribution >= 4 is 11.6 Å². The average Bonchev–Trinajstić information content (AvgIpc) is 2.82. The normalized spacial score (nSPS) is 12.4. The third kappa shape index (κ3) is 3.28. The van der Waals surface area contributed by atoms with E-state index in [1.165, 1.54) is 5.56 Å². The fraction of sp³-hybridized carbons (Fsp3) is 0.286. The number of halogens is 1. The van der Waals surface area contributed by atoms with Crippen LogP contribution in [0.1, 0.15) is 24.3 Å². The molecule has 96 valence electrons. The molecule has 4 heteroatoms. The highest BCUT2D eigenvalue weighted by atomic mass is 35.5. The largest absolute Gasteiger partial charge is 0.497 e. The van der Waals surface area contributed by atoms with Gasteiger partial charge in [0.05, 0.1) is 13.7 Å². The van der Waals surface area contributed by atoms with E-state index >= 15 is 0 Å². The molecule has 2 rings (SSSR count). The zero-order chi connectivity index (χ0) is 13.0. The third-order valence-electron chi connectivity index (χ3n) is 2.81. The summed E-state index contributed by atoms with van der Waals surface area (Å²) in [5, 5.41) is 3.79.